The molecular formula is C14H15ClN2OS. The minimum atomic E-state index is -0.259. The van der Waals surface area contributed by atoms with E-state index in [1.165, 1.54) is 16.9 Å². The summed E-state index contributed by atoms with van der Waals surface area (Å²) in [6, 6.07) is 6.09. The Kier molecular flexibility index (Phi) is 4.22. The van der Waals surface area contributed by atoms with Crippen LogP contribution in [0.15, 0.2) is 23.3 Å². The lowest BCUT2D eigenvalue weighted by Crippen LogP contribution is -2.17. The van der Waals surface area contributed by atoms with E-state index in [2.05, 4.69) is 23.5 Å². The second kappa shape index (κ2) is 5.72. The molecule has 0 bridgehead atoms. The van der Waals surface area contributed by atoms with E-state index < -0.39 is 0 Å². The van der Waals surface area contributed by atoms with Crippen LogP contribution in [-0.2, 0) is 6.42 Å². The van der Waals surface area contributed by atoms with Crippen molar-refractivity contribution in [2.24, 2.45) is 5.10 Å². The predicted molar refractivity (Wildman–Crippen MR) is 82.5 cm³/mol. The maximum atomic E-state index is 12.0. The van der Waals surface area contributed by atoms with Crippen molar-refractivity contribution in [3.63, 3.8) is 0 Å². The molecule has 3 nitrogen and oxygen atoms in total. The van der Waals surface area contributed by atoms with Gasteiger partial charge in [0, 0.05) is 15.8 Å². The number of aryl methyl sites for hydroxylation is 1. The van der Waals surface area contributed by atoms with Crippen LogP contribution < -0.4 is 5.43 Å². The molecule has 5 heteroatoms. The molecule has 0 spiro atoms. The molecule has 0 radical (unpaired) electrons. The van der Waals surface area contributed by atoms with E-state index in [0.717, 1.165) is 22.2 Å². The first-order valence-electron chi connectivity index (χ1n) is 6.05. The van der Waals surface area contributed by atoms with Crippen molar-refractivity contribution in [1.29, 1.82) is 0 Å². The van der Waals surface area contributed by atoms with Gasteiger partial charge in [-0.15, -0.1) is 11.3 Å². The van der Waals surface area contributed by atoms with Crippen molar-refractivity contribution in [2.45, 2.75) is 27.2 Å². The second-order valence-electron chi connectivity index (χ2n) is 4.43. The lowest BCUT2D eigenvalue weighted by atomic mass is 10.1. The summed E-state index contributed by atoms with van der Waals surface area (Å²) in [6.45, 7) is 5.74. The van der Waals surface area contributed by atoms with E-state index in [-0.39, 0.29) is 5.91 Å². The van der Waals surface area contributed by atoms with Crippen LogP contribution in [0.2, 0.25) is 5.02 Å². The largest absolute Gasteiger partial charge is 0.283 e. The zero-order chi connectivity index (χ0) is 14.0. The van der Waals surface area contributed by atoms with Crippen molar-refractivity contribution < 1.29 is 4.79 Å². The predicted octanol–water partition coefficient (Wildman–Crippen LogP) is 4.24. The first-order chi connectivity index (χ1) is 9.02. The summed E-state index contributed by atoms with van der Waals surface area (Å²) in [4.78, 5) is 12.5. The highest BCUT2D eigenvalue weighted by Crippen LogP contribution is 2.35. The molecule has 1 aromatic heterocycles. The summed E-state index contributed by atoms with van der Waals surface area (Å²) in [6.07, 6.45) is 0.965. The van der Waals surface area contributed by atoms with Gasteiger partial charge in [-0.2, -0.15) is 5.10 Å². The van der Waals surface area contributed by atoms with Gasteiger partial charge in [-0.1, -0.05) is 30.7 Å². The Morgan fingerprint density at radius 1 is 1.42 bits per heavy atom. The van der Waals surface area contributed by atoms with Crippen molar-refractivity contribution in [2.75, 3.05) is 0 Å². The average molecular weight is 295 g/mol. The first kappa shape index (κ1) is 14.0. The van der Waals surface area contributed by atoms with E-state index in [1.54, 1.807) is 0 Å². The van der Waals surface area contributed by atoms with Gasteiger partial charge >= 0.3 is 0 Å². The number of hydrogen-bond acceptors (Lipinski definition) is 3. The van der Waals surface area contributed by atoms with E-state index in [1.807, 2.05) is 26.0 Å². The highest BCUT2D eigenvalue weighted by atomic mass is 35.5. The summed E-state index contributed by atoms with van der Waals surface area (Å²) in [5.41, 5.74) is 4.53. The quantitative estimate of drug-likeness (QED) is 0.667. The van der Waals surface area contributed by atoms with E-state index in [9.17, 15) is 4.79 Å². The Hall–Kier alpha value is -1.39. The molecule has 1 amide bonds. The molecule has 0 unspecified atom stereocenters. The number of nitrogens with one attached hydrogen (secondary N) is 1. The minimum Gasteiger partial charge on any atom is -0.266 e. The maximum Gasteiger partial charge on any atom is 0.283 e. The van der Waals surface area contributed by atoms with Crippen LogP contribution in [0, 0.1) is 0 Å². The van der Waals surface area contributed by atoms with Crippen molar-refractivity contribution in [3.8, 4) is 0 Å². The van der Waals surface area contributed by atoms with Crippen LogP contribution in [0.1, 0.15) is 36.0 Å². The number of carbonyl (C=O) groups excluding carboxylic acids is 1. The molecule has 100 valence electrons. The lowest BCUT2D eigenvalue weighted by Gasteiger charge is -1.97. The molecule has 1 heterocycles. The monoisotopic (exact) mass is 294 g/mol. The van der Waals surface area contributed by atoms with Crippen molar-refractivity contribution in [1.82, 2.24) is 5.43 Å². The fraction of sp³-hybridized carbons (Fsp3) is 0.286. The normalized spacial score (nSPS) is 10.5. The van der Waals surface area contributed by atoms with Crippen LogP contribution >= 0.6 is 22.9 Å². The number of benzene rings is 1. The molecule has 1 aromatic carbocycles. The summed E-state index contributed by atoms with van der Waals surface area (Å²) in [5, 5.41) is 5.34. The van der Waals surface area contributed by atoms with Crippen LogP contribution in [0.5, 0.6) is 0 Å². The van der Waals surface area contributed by atoms with E-state index in [4.69, 9.17) is 11.6 Å². The SMILES string of the molecule is CCc1ccc2c(Cl)c(C(=O)NN=C(C)C)sc2c1. The molecule has 0 aliphatic carbocycles. The summed E-state index contributed by atoms with van der Waals surface area (Å²) in [7, 11) is 0. The Morgan fingerprint density at radius 3 is 2.79 bits per heavy atom. The number of hydrazone groups is 1. The molecule has 0 saturated heterocycles. The number of thiophene rings is 1. The molecule has 2 rings (SSSR count). The molecule has 0 aliphatic heterocycles. The highest BCUT2D eigenvalue weighted by molar-refractivity contribution is 7.21. The zero-order valence-corrected chi connectivity index (χ0v) is 12.7. The van der Waals surface area contributed by atoms with Crippen LogP contribution in [0.25, 0.3) is 10.1 Å². The number of amides is 1. The summed E-state index contributed by atoms with van der Waals surface area (Å²) in [5.74, 6) is -0.259. The molecule has 2 aromatic rings. The molecule has 0 aliphatic rings. The Balaban J connectivity index is 2.41. The standard InChI is InChI=1S/C14H15ClN2OS/c1-4-9-5-6-10-11(7-9)19-13(12(10)15)14(18)17-16-8(2)3/h5-7H,4H2,1-3H3,(H,17,18). The van der Waals surface area contributed by atoms with Crippen molar-refractivity contribution >= 4 is 44.6 Å². The minimum absolute atomic E-state index is 0.259. The number of halogens is 1. The smallest absolute Gasteiger partial charge is 0.266 e. The Bertz CT molecular complexity index is 657. The number of carbonyl (C=O) groups is 1. The second-order valence-corrected chi connectivity index (χ2v) is 5.86. The topological polar surface area (TPSA) is 41.5 Å². The van der Waals surface area contributed by atoms with Gasteiger partial charge in [0.15, 0.2) is 0 Å². The molecule has 19 heavy (non-hydrogen) atoms. The van der Waals surface area contributed by atoms with Gasteiger partial charge in [-0.25, -0.2) is 5.43 Å². The Labute approximate surface area is 121 Å². The maximum absolute atomic E-state index is 12.0. The molecule has 0 saturated carbocycles. The van der Waals surface area contributed by atoms with Gasteiger partial charge in [0.05, 0.1) is 5.02 Å². The molecule has 1 N–H and O–H groups in total. The fourth-order valence-corrected chi connectivity index (χ4v) is 3.16. The summed E-state index contributed by atoms with van der Waals surface area (Å²) >= 11 is 7.66. The van der Waals surface area contributed by atoms with Gasteiger partial charge in [-0.05, 0) is 31.9 Å². The number of nitrogens with zero attached hydrogens (tertiary/aromatic N) is 1. The van der Waals surface area contributed by atoms with Gasteiger partial charge in [0.25, 0.3) is 5.91 Å². The summed E-state index contributed by atoms with van der Waals surface area (Å²) < 4.78 is 1.03. The highest BCUT2D eigenvalue weighted by Gasteiger charge is 2.16. The number of hydrogen-bond donors (Lipinski definition) is 1. The molecule has 0 fully saturated rings. The number of rotatable bonds is 3. The molecular weight excluding hydrogens is 280 g/mol. The fourth-order valence-electron chi connectivity index (χ4n) is 1.69. The zero-order valence-electron chi connectivity index (χ0n) is 11.1. The third-order valence-electron chi connectivity index (χ3n) is 2.69. The van der Waals surface area contributed by atoms with Crippen LogP contribution in [-0.4, -0.2) is 11.6 Å². The van der Waals surface area contributed by atoms with Gasteiger partial charge in [0.2, 0.25) is 0 Å². The molecule has 0 atom stereocenters. The Morgan fingerprint density at radius 2 is 2.16 bits per heavy atom. The third-order valence-corrected chi connectivity index (χ3v) is 4.35. The van der Waals surface area contributed by atoms with Crippen molar-refractivity contribution in [3.05, 3.63) is 33.7 Å². The van der Waals surface area contributed by atoms with Crippen LogP contribution in [0.3, 0.4) is 0 Å². The first-order valence-corrected chi connectivity index (χ1v) is 7.24. The van der Waals surface area contributed by atoms with E-state index in [0.29, 0.717) is 9.90 Å². The van der Waals surface area contributed by atoms with Gasteiger partial charge in [-0.3, -0.25) is 4.79 Å². The third kappa shape index (κ3) is 2.96. The van der Waals surface area contributed by atoms with Gasteiger partial charge in [0.1, 0.15) is 4.88 Å². The lowest BCUT2D eigenvalue weighted by molar-refractivity contribution is 0.0959. The average Bonchev–Trinajstić information content (AvgIpc) is 2.72. The van der Waals surface area contributed by atoms with Gasteiger partial charge < -0.3 is 0 Å². The van der Waals surface area contributed by atoms with E-state index >= 15 is 0 Å². The number of fused-ring (bicyclic) bond motifs is 1. The van der Waals surface area contributed by atoms with Crippen LogP contribution in [0.4, 0.5) is 0 Å².